The third kappa shape index (κ3) is 2.47. The standard InChI is InChI=1S/C10H11O3/c1-7(2)13-10(12)8-5-3-4-6-9(8)11/h3-7H,1-2H3. The average Bonchev–Trinajstić information content (AvgIpc) is 2.03. The van der Waals surface area contributed by atoms with Crippen LogP contribution in [0, 0.1) is 0 Å². The summed E-state index contributed by atoms with van der Waals surface area (Å²) in [6.45, 7) is 3.48. The maximum Gasteiger partial charge on any atom is 0.342 e. The molecule has 69 valence electrons. The molecule has 13 heavy (non-hydrogen) atoms. The monoisotopic (exact) mass is 179 g/mol. The lowest BCUT2D eigenvalue weighted by Crippen LogP contribution is -2.11. The van der Waals surface area contributed by atoms with Gasteiger partial charge in [0, 0.05) is 0 Å². The molecule has 0 atom stereocenters. The van der Waals surface area contributed by atoms with Gasteiger partial charge in [0.15, 0.2) is 5.75 Å². The van der Waals surface area contributed by atoms with Crippen LogP contribution in [0.15, 0.2) is 24.3 Å². The van der Waals surface area contributed by atoms with Crippen LogP contribution in [-0.2, 0) is 9.84 Å². The van der Waals surface area contributed by atoms with E-state index < -0.39 is 5.97 Å². The highest BCUT2D eigenvalue weighted by Gasteiger charge is 2.13. The Hall–Kier alpha value is -1.51. The molecular weight excluding hydrogens is 168 g/mol. The molecule has 0 aromatic heterocycles. The number of hydrogen-bond acceptors (Lipinski definition) is 2. The fraction of sp³-hybridized carbons (Fsp3) is 0.300. The number of carbonyl (C=O) groups is 1. The van der Waals surface area contributed by atoms with Gasteiger partial charge in [0.25, 0.3) is 0 Å². The fourth-order valence-corrected chi connectivity index (χ4v) is 0.913. The van der Waals surface area contributed by atoms with Crippen LogP contribution in [0.5, 0.6) is 5.75 Å². The van der Waals surface area contributed by atoms with Gasteiger partial charge in [-0.2, -0.15) is 0 Å². The van der Waals surface area contributed by atoms with E-state index in [1.165, 1.54) is 12.1 Å². The van der Waals surface area contributed by atoms with Crippen LogP contribution in [0.25, 0.3) is 0 Å². The first-order chi connectivity index (χ1) is 6.11. The van der Waals surface area contributed by atoms with E-state index in [4.69, 9.17) is 4.74 Å². The molecule has 0 bridgehead atoms. The third-order valence-electron chi connectivity index (χ3n) is 1.45. The van der Waals surface area contributed by atoms with Crippen molar-refractivity contribution in [3.8, 4) is 5.75 Å². The lowest BCUT2D eigenvalue weighted by atomic mass is 10.2. The van der Waals surface area contributed by atoms with Crippen molar-refractivity contribution in [1.29, 1.82) is 0 Å². The minimum Gasteiger partial charge on any atom is -0.459 e. The molecule has 3 nitrogen and oxygen atoms in total. The van der Waals surface area contributed by atoms with Gasteiger partial charge < -0.3 is 4.74 Å². The van der Waals surface area contributed by atoms with E-state index in [9.17, 15) is 9.90 Å². The summed E-state index contributed by atoms with van der Waals surface area (Å²) in [7, 11) is 0. The minimum absolute atomic E-state index is 0.0937. The highest BCUT2D eigenvalue weighted by Crippen LogP contribution is 2.17. The zero-order chi connectivity index (χ0) is 9.84. The molecule has 0 heterocycles. The lowest BCUT2D eigenvalue weighted by molar-refractivity contribution is 0.0373. The van der Waals surface area contributed by atoms with Gasteiger partial charge in [-0.3, -0.25) is 5.11 Å². The first kappa shape index (κ1) is 9.58. The molecule has 0 amide bonds. The molecule has 1 aromatic rings. The summed E-state index contributed by atoms with van der Waals surface area (Å²) >= 11 is 0. The summed E-state index contributed by atoms with van der Waals surface area (Å²) in [5.74, 6) is -0.853. The van der Waals surface area contributed by atoms with Crippen LogP contribution < -0.4 is 0 Å². The summed E-state index contributed by atoms with van der Waals surface area (Å²) in [5, 5.41) is 11.1. The number of para-hydroxylation sites is 1. The molecule has 0 saturated heterocycles. The summed E-state index contributed by atoms with van der Waals surface area (Å²) < 4.78 is 4.88. The maximum atomic E-state index is 11.3. The van der Waals surface area contributed by atoms with Gasteiger partial charge in [-0.25, -0.2) is 4.79 Å². The molecule has 0 aliphatic carbocycles. The first-order valence-electron chi connectivity index (χ1n) is 4.08. The molecule has 0 spiro atoms. The Kier molecular flexibility index (Phi) is 2.90. The van der Waals surface area contributed by atoms with Gasteiger partial charge in [-0.1, -0.05) is 12.1 Å². The van der Waals surface area contributed by atoms with Gasteiger partial charge in [-0.05, 0) is 26.0 Å². The molecule has 0 unspecified atom stereocenters. The average molecular weight is 179 g/mol. The van der Waals surface area contributed by atoms with E-state index in [0.29, 0.717) is 0 Å². The Balaban J connectivity index is 2.83. The number of esters is 1. The summed E-state index contributed by atoms with van der Waals surface area (Å²) in [6.07, 6.45) is -0.202. The molecular formula is C10H11O3. The largest absolute Gasteiger partial charge is 0.459 e. The number of hydrogen-bond donors (Lipinski definition) is 0. The molecule has 0 aliphatic heterocycles. The number of ether oxygens (including phenoxy) is 1. The van der Waals surface area contributed by atoms with Crippen molar-refractivity contribution in [2.24, 2.45) is 0 Å². The highest BCUT2D eigenvalue weighted by molar-refractivity contribution is 5.92. The minimum atomic E-state index is -0.555. The van der Waals surface area contributed by atoms with Crippen LogP contribution >= 0.6 is 0 Å². The van der Waals surface area contributed by atoms with Gasteiger partial charge >= 0.3 is 5.97 Å². The molecule has 0 fully saturated rings. The van der Waals surface area contributed by atoms with Crippen LogP contribution in [-0.4, -0.2) is 12.1 Å². The molecule has 3 heteroatoms. The van der Waals surface area contributed by atoms with Crippen molar-refractivity contribution in [3.05, 3.63) is 29.8 Å². The van der Waals surface area contributed by atoms with E-state index in [-0.39, 0.29) is 17.4 Å². The van der Waals surface area contributed by atoms with E-state index in [0.717, 1.165) is 0 Å². The van der Waals surface area contributed by atoms with E-state index >= 15 is 0 Å². The molecule has 1 aromatic carbocycles. The molecule has 1 rings (SSSR count). The first-order valence-corrected chi connectivity index (χ1v) is 4.08. The van der Waals surface area contributed by atoms with Gasteiger partial charge in [0.05, 0.1) is 6.10 Å². The van der Waals surface area contributed by atoms with Crippen molar-refractivity contribution >= 4 is 5.97 Å². The number of rotatable bonds is 2. The van der Waals surface area contributed by atoms with E-state index in [1.54, 1.807) is 26.0 Å². The van der Waals surface area contributed by atoms with E-state index in [1.807, 2.05) is 0 Å². The van der Waals surface area contributed by atoms with Crippen LogP contribution in [0.2, 0.25) is 0 Å². The van der Waals surface area contributed by atoms with Crippen molar-refractivity contribution in [3.63, 3.8) is 0 Å². The van der Waals surface area contributed by atoms with Gasteiger partial charge in [0.2, 0.25) is 0 Å². The Morgan fingerprint density at radius 2 is 1.92 bits per heavy atom. The van der Waals surface area contributed by atoms with Crippen molar-refractivity contribution in [2.45, 2.75) is 20.0 Å². The lowest BCUT2D eigenvalue weighted by Gasteiger charge is -2.07. The normalized spacial score (nSPS) is 10.1. The zero-order valence-electron chi connectivity index (χ0n) is 7.61. The van der Waals surface area contributed by atoms with Crippen molar-refractivity contribution in [2.75, 3.05) is 0 Å². The highest BCUT2D eigenvalue weighted by atomic mass is 16.5. The van der Waals surface area contributed by atoms with Crippen LogP contribution in [0.1, 0.15) is 24.2 Å². The molecule has 0 N–H and O–H groups in total. The SMILES string of the molecule is CC(C)OC(=O)c1ccccc1[O]. The Labute approximate surface area is 77.0 Å². The maximum absolute atomic E-state index is 11.3. The number of carbonyl (C=O) groups excluding carboxylic acids is 1. The molecule has 0 saturated carbocycles. The fourth-order valence-electron chi connectivity index (χ4n) is 0.913. The van der Waals surface area contributed by atoms with Crippen molar-refractivity contribution in [1.82, 2.24) is 0 Å². The summed E-state index contributed by atoms with van der Waals surface area (Å²) in [4.78, 5) is 11.3. The second-order valence-electron chi connectivity index (χ2n) is 2.95. The Morgan fingerprint density at radius 3 is 2.46 bits per heavy atom. The molecule has 1 radical (unpaired) electrons. The topological polar surface area (TPSA) is 46.2 Å². The van der Waals surface area contributed by atoms with Gasteiger partial charge in [-0.15, -0.1) is 0 Å². The predicted octanol–water partition coefficient (Wildman–Crippen LogP) is 2.40. The van der Waals surface area contributed by atoms with E-state index in [2.05, 4.69) is 0 Å². The van der Waals surface area contributed by atoms with Crippen LogP contribution in [0.3, 0.4) is 0 Å². The second-order valence-corrected chi connectivity index (χ2v) is 2.95. The summed E-state index contributed by atoms with van der Waals surface area (Å²) in [5.41, 5.74) is 0.0937. The summed E-state index contributed by atoms with van der Waals surface area (Å²) in [6, 6.07) is 6.04. The van der Waals surface area contributed by atoms with Crippen molar-refractivity contribution < 1.29 is 14.6 Å². The zero-order valence-corrected chi connectivity index (χ0v) is 7.61. The van der Waals surface area contributed by atoms with Gasteiger partial charge in [0.1, 0.15) is 5.56 Å². The number of benzene rings is 1. The predicted molar refractivity (Wildman–Crippen MR) is 47.1 cm³/mol. The quantitative estimate of drug-likeness (QED) is 0.654. The Bertz CT molecular complexity index is 305. The second kappa shape index (κ2) is 3.94. The Morgan fingerprint density at radius 1 is 1.31 bits per heavy atom. The molecule has 0 aliphatic rings. The van der Waals surface area contributed by atoms with Crippen LogP contribution in [0.4, 0.5) is 0 Å². The smallest absolute Gasteiger partial charge is 0.342 e. The third-order valence-corrected chi connectivity index (χ3v) is 1.45.